The first-order chi connectivity index (χ1) is 8.75. The minimum Gasteiger partial charge on any atom is -0.267 e. The van der Waals surface area contributed by atoms with Crippen LogP contribution in [0, 0.1) is 6.92 Å². The lowest BCUT2D eigenvalue weighted by Crippen LogP contribution is -2.17. The molecule has 0 aliphatic rings. The SMILES string of the molecule is Cc1ccc(/C=N\NC(=O)c2cccnc2)cc1. The number of benzene rings is 1. The molecule has 1 aromatic heterocycles. The van der Waals surface area contributed by atoms with Gasteiger partial charge < -0.3 is 0 Å². The monoisotopic (exact) mass is 239 g/mol. The van der Waals surface area contributed by atoms with E-state index in [1.54, 1.807) is 24.5 Å². The fraction of sp³-hybridized carbons (Fsp3) is 0.0714. The summed E-state index contributed by atoms with van der Waals surface area (Å²) in [6.07, 6.45) is 4.72. The topological polar surface area (TPSA) is 54.4 Å². The molecule has 18 heavy (non-hydrogen) atoms. The van der Waals surface area contributed by atoms with E-state index in [4.69, 9.17) is 0 Å². The van der Waals surface area contributed by atoms with Crippen molar-refractivity contribution in [3.05, 3.63) is 65.5 Å². The molecule has 1 aromatic carbocycles. The Labute approximate surface area is 105 Å². The van der Waals surface area contributed by atoms with Crippen molar-refractivity contribution in [2.45, 2.75) is 6.92 Å². The van der Waals surface area contributed by atoms with Crippen LogP contribution in [-0.4, -0.2) is 17.1 Å². The summed E-state index contributed by atoms with van der Waals surface area (Å²) in [4.78, 5) is 15.5. The Balaban J connectivity index is 1.96. The van der Waals surface area contributed by atoms with Crippen LogP contribution >= 0.6 is 0 Å². The second-order valence-corrected chi connectivity index (χ2v) is 3.85. The van der Waals surface area contributed by atoms with Crippen molar-refractivity contribution < 1.29 is 4.79 Å². The van der Waals surface area contributed by atoms with Crippen LogP contribution in [0.5, 0.6) is 0 Å². The zero-order chi connectivity index (χ0) is 12.8. The lowest BCUT2D eigenvalue weighted by molar-refractivity contribution is 0.0955. The molecule has 0 fully saturated rings. The molecule has 0 unspecified atom stereocenters. The molecule has 1 N–H and O–H groups in total. The molecule has 0 saturated carbocycles. The molecule has 0 bridgehead atoms. The molecule has 0 aliphatic carbocycles. The summed E-state index contributed by atoms with van der Waals surface area (Å²) in [5.41, 5.74) is 5.06. The van der Waals surface area contributed by atoms with E-state index in [1.807, 2.05) is 31.2 Å². The molecule has 4 nitrogen and oxygen atoms in total. The van der Waals surface area contributed by atoms with Gasteiger partial charge in [-0.2, -0.15) is 5.10 Å². The number of hydrogen-bond donors (Lipinski definition) is 1. The van der Waals surface area contributed by atoms with Crippen molar-refractivity contribution in [1.29, 1.82) is 0 Å². The second kappa shape index (κ2) is 5.72. The smallest absolute Gasteiger partial charge is 0.267 e. The summed E-state index contributed by atoms with van der Waals surface area (Å²) < 4.78 is 0. The maximum absolute atomic E-state index is 11.6. The summed E-state index contributed by atoms with van der Waals surface area (Å²) in [5.74, 6) is -0.272. The van der Waals surface area contributed by atoms with Gasteiger partial charge in [0.1, 0.15) is 0 Å². The maximum Gasteiger partial charge on any atom is 0.272 e. The van der Waals surface area contributed by atoms with Crippen molar-refractivity contribution in [3.8, 4) is 0 Å². The number of carbonyl (C=O) groups excluding carboxylic acids is 1. The van der Waals surface area contributed by atoms with E-state index in [9.17, 15) is 4.79 Å². The molecule has 0 radical (unpaired) electrons. The Bertz CT molecular complexity index is 547. The predicted octanol–water partition coefficient (Wildman–Crippen LogP) is 2.15. The van der Waals surface area contributed by atoms with Gasteiger partial charge in [-0.3, -0.25) is 9.78 Å². The Kier molecular flexibility index (Phi) is 3.81. The molecule has 1 amide bonds. The van der Waals surface area contributed by atoms with E-state index >= 15 is 0 Å². The Morgan fingerprint density at radius 3 is 2.72 bits per heavy atom. The summed E-state index contributed by atoms with van der Waals surface area (Å²) in [7, 11) is 0. The molecule has 1 heterocycles. The number of nitrogens with one attached hydrogen (secondary N) is 1. The zero-order valence-electron chi connectivity index (χ0n) is 10.00. The first-order valence-electron chi connectivity index (χ1n) is 5.56. The number of carbonyl (C=O) groups is 1. The van der Waals surface area contributed by atoms with Gasteiger partial charge >= 0.3 is 0 Å². The molecule has 0 atom stereocenters. The van der Waals surface area contributed by atoms with Gasteiger partial charge in [0, 0.05) is 12.4 Å². The molecule has 4 heteroatoms. The number of hydrogen-bond acceptors (Lipinski definition) is 3. The lowest BCUT2D eigenvalue weighted by atomic mass is 10.2. The number of aromatic nitrogens is 1. The van der Waals surface area contributed by atoms with Gasteiger partial charge in [0.15, 0.2) is 0 Å². The first kappa shape index (κ1) is 12.0. The van der Waals surface area contributed by atoms with Gasteiger partial charge in [0.05, 0.1) is 11.8 Å². The second-order valence-electron chi connectivity index (χ2n) is 3.85. The van der Waals surface area contributed by atoms with E-state index < -0.39 is 0 Å². The van der Waals surface area contributed by atoms with Crippen LogP contribution in [0.4, 0.5) is 0 Å². The number of rotatable bonds is 3. The highest BCUT2D eigenvalue weighted by Crippen LogP contribution is 2.00. The highest BCUT2D eigenvalue weighted by atomic mass is 16.2. The number of nitrogens with zero attached hydrogens (tertiary/aromatic N) is 2. The molecular formula is C14H13N3O. The van der Waals surface area contributed by atoms with E-state index in [0.717, 1.165) is 5.56 Å². The van der Waals surface area contributed by atoms with Gasteiger partial charge in [-0.15, -0.1) is 0 Å². The van der Waals surface area contributed by atoms with Gasteiger partial charge in [0.2, 0.25) is 0 Å². The Hall–Kier alpha value is -2.49. The van der Waals surface area contributed by atoms with Gasteiger partial charge in [0.25, 0.3) is 5.91 Å². The van der Waals surface area contributed by atoms with E-state index in [1.165, 1.54) is 11.8 Å². The Morgan fingerprint density at radius 1 is 1.28 bits per heavy atom. The Morgan fingerprint density at radius 2 is 2.06 bits per heavy atom. The third kappa shape index (κ3) is 3.25. The van der Waals surface area contributed by atoms with Crippen LogP contribution in [0.25, 0.3) is 0 Å². The normalized spacial score (nSPS) is 10.5. The molecule has 0 saturated heterocycles. The molecule has 0 spiro atoms. The summed E-state index contributed by atoms with van der Waals surface area (Å²) in [5, 5.41) is 3.90. The lowest BCUT2D eigenvalue weighted by Gasteiger charge is -1.98. The fourth-order valence-electron chi connectivity index (χ4n) is 1.38. The number of hydrazone groups is 1. The quantitative estimate of drug-likeness (QED) is 0.659. The van der Waals surface area contributed by atoms with Crippen molar-refractivity contribution >= 4 is 12.1 Å². The van der Waals surface area contributed by atoms with Gasteiger partial charge in [-0.05, 0) is 24.6 Å². The van der Waals surface area contributed by atoms with Crippen molar-refractivity contribution in [3.63, 3.8) is 0 Å². The zero-order valence-corrected chi connectivity index (χ0v) is 10.00. The van der Waals surface area contributed by atoms with Gasteiger partial charge in [-0.25, -0.2) is 5.43 Å². The number of amides is 1. The van der Waals surface area contributed by atoms with Crippen LogP contribution in [-0.2, 0) is 0 Å². The minimum absolute atomic E-state index is 0.272. The minimum atomic E-state index is -0.272. The summed E-state index contributed by atoms with van der Waals surface area (Å²) in [6.45, 7) is 2.02. The third-order valence-electron chi connectivity index (χ3n) is 2.38. The highest BCUT2D eigenvalue weighted by molar-refractivity contribution is 5.94. The fourth-order valence-corrected chi connectivity index (χ4v) is 1.38. The van der Waals surface area contributed by atoms with Crippen LogP contribution in [0.1, 0.15) is 21.5 Å². The average Bonchev–Trinajstić information content (AvgIpc) is 2.42. The molecule has 90 valence electrons. The predicted molar refractivity (Wildman–Crippen MR) is 70.5 cm³/mol. The number of aryl methyl sites for hydroxylation is 1. The average molecular weight is 239 g/mol. The van der Waals surface area contributed by atoms with Crippen LogP contribution in [0.2, 0.25) is 0 Å². The van der Waals surface area contributed by atoms with Crippen LogP contribution in [0.15, 0.2) is 53.9 Å². The van der Waals surface area contributed by atoms with E-state index in [2.05, 4.69) is 15.5 Å². The molecule has 2 aromatic rings. The van der Waals surface area contributed by atoms with E-state index in [0.29, 0.717) is 5.56 Å². The summed E-state index contributed by atoms with van der Waals surface area (Å²) in [6, 6.07) is 11.3. The largest absolute Gasteiger partial charge is 0.272 e. The number of pyridine rings is 1. The maximum atomic E-state index is 11.6. The standard InChI is InChI=1S/C14H13N3O/c1-11-4-6-12(7-5-11)9-16-17-14(18)13-3-2-8-15-10-13/h2-10H,1H3,(H,17,18)/b16-9-. The van der Waals surface area contributed by atoms with Gasteiger partial charge in [-0.1, -0.05) is 29.8 Å². The third-order valence-corrected chi connectivity index (χ3v) is 2.38. The van der Waals surface area contributed by atoms with E-state index in [-0.39, 0.29) is 5.91 Å². The van der Waals surface area contributed by atoms with Crippen LogP contribution in [0.3, 0.4) is 0 Å². The molecule has 2 rings (SSSR count). The molecular weight excluding hydrogens is 226 g/mol. The highest BCUT2D eigenvalue weighted by Gasteiger charge is 2.01. The first-order valence-corrected chi connectivity index (χ1v) is 5.56. The molecule has 0 aliphatic heterocycles. The van der Waals surface area contributed by atoms with Crippen molar-refractivity contribution in [1.82, 2.24) is 10.4 Å². The van der Waals surface area contributed by atoms with Crippen molar-refractivity contribution in [2.24, 2.45) is 5.10 Å². The summed E-state index contributed by atoms with van der Waals surface area (Å²) >= 11 is 0. The van der Waals surface area contributed by atoms with Crippen LogP contribution < -0.4 is 5.43 Å². The van der Waals surface area contributed by atoms with Crippen molar-refractivity contribution in [2.75, 3.05) is 0 Å².